The number of nitrogens with one attached hydrogen (secondary N) is 1. The summed E-state index contributed by atoms with van der Waals surface area (Å²) < 4.78 is 5.41. The average molecular weight is 343 g/mol. The predicted molar refractivity (Wildman–Crippen MR) is 93.1 cm³/mol. The Bertz CT molecular complexity index is 724. The van der Waals surface area contributed by atoms with Crippen LogP contribution >= 0.6 is 0 Å². The van der Waals surface area contributed by atoms with Crippen molar-refractivity contribution in [2.24, 2.45) is 0 Å². The molecule has 1 amide bonds. The van der Waals surface area contributed by atoms with E-state index in [1.165, 1.54) is 6.07 Å². The standard InChI is InChI=1S/C18H21N3O4/c22-18(19-16-9-3-4-10-17(16)21(23)24)13-20(14-6-1-2-7-14)12-15-8-5-11-25-15/h3-5,8-11,14H,1-2,6-7,12-13H2,(H,19,22). The Balaban J connectivity index is 1.68. The largest absolute Gasteiger partial charge is 0.468 e. The number of hydrogen-bond acceptors (Lipinski definition) is 5. The van der Waals surface area contributed by atoms with E-state index in [1.54, 1.807) is 24.5 Å². The van der Waals surface area contributed by atoms with Crippen molar-refractivity contribution in [3.8, 4) is 0 Å². The van der Waals surface area contributed by atoms with Gasteiger partial charge in [-0.05, 0) is 31.0 Å². The molecule has 0 saturated heterocycles. The summed E-state index contributed by atoms with van der Waals surface area (Å²) in [5.74, 6) is 0.554. The number of anilines is 1. The zero-order chi connectivity index (χ0) is 17.6. The first-order valence-electron chi connectivity index (χ1n) is 8.43. The van der Waals surface area contributed by atoms with Crippen molar-refractivity contribution in [1.29, 1.82) is 0 Å². The van der Waals surface area contributed by atoms with E-state index < -0.39 is 4.92 Å². The Hall–Kier alpha value is -2.67. The van der Waals surface area contributed by atoms with Crippen LogP contribution in [0.4, 0.5) is 11.4 Å². The highest BCUT2D eigenvalue weighted by atomic mass is 16.6. The molecule has 1 heterocycles. The summed E-state index contributed by atoms with van der Waals surface area (Å²) in [6.45, 7) is 0.736. The van der Waals surface area contributed by atoms with Gasteiger partial charge in [-0.1, -0.05) is 25.0 Å². The van der Waals surface area contributed by atoms with E-state index in [1.807, 2.05) is 12.1 Å². The van der Waals surface area contributed by atoms with Gasteiger partial charge in [0.25, 0.3) is 5.69 Å². The predicted octanol–water partition coefficient (Wildman–Crippen LogP) is 3.57. The lowest BCUT2D eigenvalue weighted by Crippen LogP contribution is -2.39. The third-order valence-electron chi connectivity index (χ3n) is 4.50. The van der Waals surface area contributed by atoms with Gasteiger partial charge < -0.3 is 9.73 Å². The molecule has 0 spiro atoms. The molecule has 0 radical (unpaired) electrons. The molecule has 0 atom stereocenters. The Kier molecular flexibility index (Phi) is 5.45. The van der Waals surface area contributed by atoms with Crippen LogP contribution < -0.4 is 5.32 Å². The number of nitro benzene ring substituents is 1. The van der Waals surface area contributed by atoms with Crippen LogP contribution in [-0.2, 0) is 11.3 Å². The lowest BCUT2D eigenvalue weighted by Gasteiger charge is -2.27. The maximum atomic E-state index is 12.5. The second kappa shape index (κ2) is 7.94. The molecule has 3 rings (SSSR count). The Morgan fingerprint density at radius 3 is 2.68 bits per heavy atom. The quantitative estimate of drug-likeness (QED) is 0.613. The van der Waals surface area contributed by atoms with Crippen molar-refractivity contribution < 1.29 is 14.1 Å². The van der Waals surface area contributed by atoms with E-state index in [-0.39, 0.29) is 23.8 Å². The summed E-state index contributed by atoms with van der Waals surface area (Å²) >= 11 is 0. The van der Waals surface area contributed by atoms with Crippen LogP contribution in [0.15, 0.2) is 47.1 Å². The summed E-state index contributed by atoms with van der Waals surface area (Å²) in [5, 5.41) is 13.8. The SMILES string of the molecule is O=C(CN(Cc1ccco1)C1CCCC1)Nc1ccccc1[N+](=O)[O-]. The third-order valence-corrected chi connectivity index (χ3v) is 4.50. The van der Waals surface area contributed by atoms with Crippen LogP contribution in [-0.4, -0.2) is 28.3 Å². The van der Waals surface area contributed by atoms with Gasteiger partial charge in [-0.2, -0.15) is 0 Å². The van der Waals surface area contributed by atoms with Gasteiger partial charge in [0.1, 0.15) is 11.4 Å². The second-order valence-corrected chi connectivity index (χ2v) is 6.25. The molecule has 0 bridgehead atoms. The van der Waals surface area contributed by atoms with Crippen molar-refractivity contribution in [3.05, 3.63) is 58.5 Å². The summed E-state index contributed by atoms with van der Waals surface area (Å²) in [7, 11) is 0. The number of amides is 1. The molecule has 1 fully saturated rings. The molecule has 25 heavy (non-hydrogen) atoms. The minimum atomic E-state index is -0.493. The fourth-order valence-electron chi connectivity index (χ4n) is 3.30. The van der Waals surface area contributed by atoms with Crippen LogP contribution in [0.2, 0.25) is 0 Å². The van der Waals surface area contributed by atoms with Crippen molar-refractivity contribution in [1.82, 2.24) is 4.90 Å². The average Bonchev–Trinajstić information content (AvgIpc) is 3.28. The lowest BCUT2D eigenvalue weighted by atomic mass is 10.2. The molecule has 7 nitrogen and oxygen atoms in total. The van der Waals surface area contributed by atoms with Crippen LogP contribution in [0.1, 0.15) is 31.4 Å². The van der Waals surface area contributed by atoms with E-state index in [9.17, 15) is 14.9 Å². The number of furan rings is 1. The number of benzene rings is 1. The van der Waals surface area contributed by atoms with Crippen LogP contribution in [0.3, 0.4) is 0 Å². The molecule has 7 heteroatoms. The van der Waals surface area contributed by atoms with E-state index in [0.717, 1.165) is 31.4 Å². The monoisotopic (exact) mass is 343 g/mol. The van der Waals surface area contributed by atoms with Crippen LogP contribution in [0, 0.1) is 10.1 Å². The molecule has 0 aliphatic heterocycles. The zero-order valence-electron chi connectivity index (χ0n) is 13.9. The maximum absolute atomic E-state index is 12.5. The Morgan fingerprint density at radius 1 is 1.24 bits per heavy atom. The molecule has 1 saturated carbocycles. The fraction of sp³-hybridized carbons (Fsp3) is 0.389. The molecule has 1 aromatic carbocycles. The number of carbonyl (C=O) groups is 1. The molecule has 1 N–H and O–H groups in total. The highest BCUT2D eigenvalue weighted by Crippen LogP contribution is 2.26. The van der Waals surface area contributed by atoms with Gasteiger partial charge in [-0.25, -0.2) is 0 Å². The summed E-state index contributed by atoms with van der Waals surface area (Å²) in [4.78, 5) is 25.2. The minimum absolute atomic E-state index is 0.102. The molecular formula is C18H21N3O4. The highest BCUT2D eigenvalue weighted by Gasteiger charge is 2.26. The van der Waals surface area contributed by atoms with E-state index in [4.69, 9.17) is 4.42 Å². The maximum Gasteiger partial charge on any atom is 0.292 e. The van der Waals surface area contributed by atoms with Crippen molar-refractivity contribution in [3.63, 3.8) is 0 Å². The molecule has 132 valence electrons. The Morgan fingerprint density at radius 2 is 2.00 bits per heavy atom. The Labute approximate surface area is 145 Å². The topological polar surface area (TPSA) is 88.6 Å². The van der Waals surface area contributed by atoms with Gasteiger partial charge in [0.2, 0.25) is 5.91 Å². The van der Waals surface area contributed by atoms with E-state index >= 15 is 0 Å². The van der Waals surface area contributed by atoms with Gasteiger partial charge >= 0.3 is 0 Å². The van der Waals surface area contributed by atoms with E-state index in [0.29, 0.717) is 12.6 Å². The minimum Gasteiger partial charge on any atom is -0.468 e. The second-order valence-electron chi connectivity index (χ2n) is 6.25. The highest BCUT2D eigenvalue weighted by molar-refractivity contribution is 5.94. The first-order chi connectivity index (χ1) is 12.1. The zero-order valence-corrected chi connectivity index (χ0v) is 13.9. The molecule has 1 aromatic heterocycles. The van der Waals surface area contributed by atoms with Gasteiger partial charge in [0.05, 0.1) is 24.3 Å². The number of para-hydroxylation sites is 2. The molecule has 2 aromatic rings. The summed E-state index contributed by atoms with van der Waals surface area (Å²) in [6.07, 6.45) is 6.05. The number of hydrogen-bond donors (Lipinski definition) is 1. The number of rotatable bonds is 7. The van der Waals surface area contributed by atoms with E-state index in [2.05, 4.69) is 10.2 Å². The first-order valence-corrected chi connectivity index (χ1v) is 8.43. The fourth-order valence-corrected chi connectivity index (χ4v) is 3.30. The van der Waals surface area contributed by atoms with Crippen molar-refractivity contribution in [2.45, 2.75) is 38.3 Å². The van der Waals surface area contributed by atoms with Crippen molar-refractivity contribution in [2.75, 3.05) is 11.9 Å². The number of nitrogens with zero attached hydrogens (tertiary/aromatic N) is 2. The number of nitro groups is 1. The van der Waals surface area contributed by atoms with Gasteiger partial charge in [-0.15, -0.1) is 0 Å². The molecule has 1 aliphatic rings. The van der Waals surface area contributed by atoms with Crippen LogP contribution in [0.25, 0.3) is 0 Å². The van der Waals surface area contributed by atoms with Gasteiger partial charge in [0.15, 0.2) is 0 Å². The summed E-state index contributed by atoms with van der Waals surface area (Å²) in [6, 6.07) is 10.2. The van der Waals surface area contributed by atoms with Gasteiger partial charge in [-0.3, -0.25) is 19.8 Å². The van der Waals surface area contributed by atoms with Crippen LogP contribution in [0.5, 0.6) is 0 Å². The molecular weight excluding hydrogens is 322 g/mol. The smallest absolute Gasteiger partial charge is 0.292 e. The first kappa shape index (κ1) is 17.2. The van der Waals surface area contributed by atoms with Gasteiger partial charge in [0, 0.05) is 12.1 Å². The third kappa shape index (κ3) is 4.45. The van der Waals surface area contributed by atoms with Crippen molar-refractivity contribution >= 4 is 17.3 Å². The number of carbonyl (C=O) groups excluding carboxylic acids is 1. The normalized spacial score (nSPS) is 14.8. The molecule has 1 aliphatic carbocycles. The lowest BCUT2D eigenvalue weighted by molar-refractivity contribution is -0.383. The molecule has 0 unspecified atom stereocenters. The summed E-state index contributed by atoms with van der Waals surface area (Å²) in [5.41, 5.74) is 0.121.